The Morgan fingerprint density at radius 1 is 1.16 bits per heavy atom. The molecule has 106 valence electrons. The number of nitrogens with zero attached hydrogens (tertiary/aromatic N) is 1. The lowest BCUT2D eigenvalue weighted by molar-refractivity contribution is 0.130. The van der Waals surface area contributed by atoms with Gasteiger partial charge in [0.2, 0.25) is 0 Å². The zero-order valence-corrected chi connectivity index (χ0v) is 13.6. The van der Waals surface area contributed by atoms with Gasteiger partial charge in [0.05, 0.1) is 12.8 Å². The number of benzene rings is 1. The highest BCUT2D eigenvalue weighted by atomic mass is 28.4. The van der Waals surface area contributed by atoms with Crippen molar-refractivity contribution < 1.29 is 9.26 Å². The van der Waals surface area contributed by atoms with E-state index in [1.165, 1.54) is 0 Å². The van der Waals surface area contributed by atoms with Crippen LogP contribution in [0.25, 0.3) is 0 Å². The average molecular weight is 279 g/mol. The standard InChI is InChI=1S/C15H25NO2Si/c1-15(2,3)19(4,5)18-12-11-16-17-13-14-9-7-6-8-10-14/h6-11H,12-13H2,1-5H3/b16-11-. The Kier molecular flexibility index (Phi) is 5.75. The number of hydrogen-bond donors (Lipinski definition) is 0. The summed E-state index contributed by atoms with van der Waals surface area (Å²) in [6.07, 6.45) is 1.70. The fourth-order valence-electron chi connectivity index (χ4n) is 1.23. The van der Waals surface area contributed by atoms with Crippen LogP contribution in [0.5, 0.6) is 0 Å². The van der Waals surface area contributed by atoms with Crippen LogP contribution in [0.4, 0.5) is 0 Å². The summed E-state index contributed by atoms with van der Waals surface area (Å²) < 4.78 is 5.96. The normalized spacial score (nSPS) is 12.9. The Hall–Kier alpha value is -1.13. The lowest BCUT2D eigenvalue weighted by atomic mass is 10.2. The van der Waals surface area contributed by atoms with E-state index in [9.17, 15) is 0 Å². The average Bonchev–Trinajstić information content (AvgIpc) is 2.33. The topological polar surface area (TPSA) is 30.8 Å². The molecule has 0 N–H and O–H groups in total. The smallest absolute Gasteiger partial charge is 0.192 e. The lowest BCUT2D eigenvalue weighted by Gasteiger charge is -2.35. The molecule has 4 heteroatoms. The van der Waals surface area contributed by atoms with Crippen LogP contribution in [-0.4, -0.2) is 21.1 Å². The first-order valence-electron chi connectivity index (χ1n) is 6.64. The third-order valence-electron chi connectivity index (χ3n) is 3.55. The highest BCUT2D eigenvalue weighted by molar-refractivity contribution is 6.74. The molecular formula is C15H25NO2Si. The van der Waals surface area contributed by atoms with Gasteiger partial charge in [-0.2, -0.15) is 0 Å². The maximum Gasteiger partial charge on any atom is 0.192 e. The molecule has 0 saturated heterocycles. The Morgan fingerprint density at radius 2 is 1.79 bits per heavy atom. The van der Waals surface area contributed by atoms with E-state index in [1.807, 2.05) is 30.3 Å². The molecule has 0 bridgehead atoms. The summed E-state index contributed by atoms with van der Waals surface area (Å²) in [5, 5.41) is 4.15. The fourth-order valence-corrected chi connectivity index (χ4v) is 2.16. The van der Waals surface area contributed by atoms with Crippen molar-refractivity contribution in [1.29, 1.82) is 0 Å². The highest BCUT2D eigenvalue weighted by Gasteiger charge is 2.36. The van der Waals surface area contributed by atoms with Crippen LogP contribution < -0.4 is 0 Å². The Balaban J connectivity index is 2.25. The van der Waals surface area contributed by atoms with Gasteiger partial charge in [0.25, 0.3) is 0 Å². The predicted molar refractivity (Wildman–Crippen MR) is 82.9 cm³/mol. The zero-order valence-electron chi connectivity index (χ0n) is 12.6. The first kappa shape index (κ1) is 15.9. The molecule has 0 unspecified atom stereocenters. The molecule has 3 nitrogen and oxygen atoms in total. The number of rotatable bonds is 6. The van der Waals surface area contributed by atoms with Crippen LogP contribution >= 0.6 is 0 Å². The van der Waals surface area contributed by atoms with Crippen molar-refractivity contribution in [1.82, 2.24) is 0 Å². The number of hydrogen-bond acceptors (Lipinski definition) is 3. The summed E-state index contributed by atoms with van der Waals surface area (Å²) in [6, 6.07) is 10.00. The Bertz CT molecular complexity index is 396. The minimum absolute atomic E-state index is 0.228. The molecule has 0 aliphatic rings. The summed E-state index contributed by atoms with van der Waals surface area (Å²) in [6.45, 7) is 12.1. The summed E-state index contributed by atoms with van der Waals surface area (Å²) in [7, 11) is -1.68. The molecule has 0 fully saturated rings. The summed E-state index contributed by atoms with van der Waals surface area (Å²) in [4.78, 5) is 5.22. The SMILES string of the molecule is CC(C)(C)[Si](C)(C)OC/C=N\OCc1ccccc1. The third-order valence-corrected chi connectivity index (χ3v) is 8.05. The molecular weight excluding hydrogens is 254 g/mol. The van der Waals surface area contributed by atoms with Gasteiger partial charge >= 0.3 is 0 Å². The first-order valence-corrected chi connectivity index (χ1v) is 9.55. The summed E-state index contributed by atoms with van der Waals surface area (Å²) in [5.41, 5.74) is 1.12. The largest absolute Gasteiger partial charge is 0.411 e. The van der Waals surface area contributed by atoms with Gasteiger partial charge in [-0.3, -0.25) is 0 Å². The van der Waals surface area contributed by atoms with E-state index in [-0.39, 0.29) is 5.04 Å². The molecule has 0 aromatic heterocycles. The van der Waals surface area contributed by atoms with Gasteiger partial charge in [-0.25, -0.2) is 0 Å². The van der Waals surface area contributed by atoms with Crippen LogP contribution in [0.1, 0.15) is 26.3 Å². The quantitative estimate of drug-likeness (QED) is 0.443. The molecule has 0 atom stereocenters. The molecule has 0 radical (unpaired) electrons. The lowest BCUT2D eigenvalue weighted by Crippen LogP contribution is -2.41. The molecule has 0 aliphatic carbocycles. The monoisotopic (exact) mass is 279 g/mol. The van der Waals surface area contributed by atoms with E-state index in [0.717, 1.165) is 5.56 Å². The van der Waals surface area contributed by atoms with Crippen molar-refractivity contribution in [3.63, 3.8) is 0 Å². The van der Waals surface area contributed by atoms with E-state index in [4.69, 9.17) is 9.26 Å². The molecule has 1 aromatic rings. The van der Waals surface area contributed by atoms with Gasteiger partial charge in [-0.05, 0) is 23.7 Å². The van der Waals surface area contributed by atoms with Crippen molar-refractivity contribution in [3.8, 4) is 0 Å². The maximum atomic E-state index is 5.96. The summed E-state index contributed by atoms with van der Waals surface area (Å²) in [5.74, 6) is 0. The van der Waals surface area contributed by atoms with Crippen molar-refractivity contribution in [3.05, 3.63) is 35.9 Å². The van der Waals surface area contributed by atoms with Crippen LogP contribution in [0, 0.1) is 0 Å². The predicted octanol–water partition coefficient (Wildman–Crippen LogP) is 4.21. The second-order valence-corrected chi connectivity index (χ2v) is 10.9. The van der Waals surface area contributed by atoms with Gasteiger partial charge in [0.15, 0.2) is 8.32 Å². The molecule has 0 spiro atoms. The fraction of sp³-hybridized carbons (Fsp3) is 0.533. The minimum Gasteiger partial charge on any atom is -0.411 e. The van der Waals surface area contributed by atoms with Crippen molar-refractivity contribution in [2.24, 2.45) is 5.16 Å². The second kappa shape index (κ2) is 6.87. The Morgan fingerprint density at radius 3 is 2.37 bits per heavy atom. The highest BCUT2D eigenvalue weighted by Crippen LogP contribution is 2.36. The van der Waals surface area contributed by atoms with Crippen molar-refractivity contribution in [2.45, 2.75) is 45.5 Å². The molecule has 0 aliphatic heterocycles. The van der Waals surface area contributed by atoms with Crippen molar-refractivity contribution >= 4 is 14.5 Å². The molecule has 0 saturated carbocycles. The van der Waals surface area contributed by atoms with E-state index in [2.05, 4.69) is 39.0 Å². The van der Waals surface area contributed by atoms with Crippen LogP contribution in [-0.2, 0) is 15.9 Å². The van der Waals surface area contributed by atoms with E-state index >= 15 is 0 Å². The summed E-state index contributed by atoms with van der Waals surface area (Å²) >= 11 is 0. The van der Waals surface area contributed by atoms with Gasteiger partial charge in [0, 0.05) is 0 Å². The zero-order chi connectivity index (χ0) is 14.4. The molecule has 1 aromatic carbocycles. The van der Waals surface area contributed by atoms with Crippen LogP contribution in [0.3, 0.4) is 0 Å². The van der Waals surface area contributed by atoms with Crippen LogP contribution in [0.2, 0.25) is 18.1 Å². The van der Waals surface area contributed by atoms with E-state index in [0.29, 0.717) is 13.2 Å². The molecule has 1 rings (SSSR count). The van der Waals surface area contributed by atoms with Crippen molar-refractivity contribution in [2.75, 3.05) is 6.61 Å². The van der Waals surface area contributed by atoms with Crippen LogP contribution in [0.15, 0.2) is 35.5 Å². The van der Waals surface area contributed by atoms with Gasteiger partial charge in [-0.1, -0.05) is 56.3 Å². The van der Waals surface area contributed by atoms with Gasteiger partial charge in [-0.15, -0.1) is 0 Å². The van der Waals surface area contributed by atoms with E-state index in [1.54, 1.807) is 6.21 Å². The first-order chi connectivity index (χ1) is 8.83. The molecule has 0 amide bonds. The van der Waals surface area contributed by atoms with E-state index < -0.39 is 8.32 Å². The molecule has 19 heavy (non-hydrogen) atoms. The second-order valence-electron chi connectivity index (χ2n) is 6.12. The van der Waals surface area contributed by atoms with Gasteiger partial charge in [0.1, 0.15) is 6.61 Å². The number of oxime groups is 1. The van der Waals surface area contributed by atoms with Gasteiger partial charge < -0.3 is 9.26 Å². The molecule has 0 heterocycles. The third kappa shape index (κ3) is 5.57. The Labute approximate surface area is 117 Å². The minimum atomic E-state index is -1.68. The maximum absolute atomic E-state index is 5.96.